The molecule has 1 aromatic carbocycles. The van der Waals surface area contributed by atoms with Gasteiger partial charge in [-0.2, -0.15) is 0 Å². The summed E-state index contributed by atoms with van der Waals surface area (Å²) < 4.78 is 23.3. The molecular formula is C14H20GeNO4. The number of para-hydroxylation sites is 1. The maximum atomic E-state index is 5.98. The maximum absolute atomic E-state index is 5.98. The van der Waals surface area contributed by atoms with Crippen molar-refractivity contribution in [3.8, 4) is 5.75 Å². The van der Waals surface area contributed by atoms with Gasteiger partial charge in [0, 0.05) is 0 Å². The number of nitrogens with zero attached hydrogens (tertiary/aromatic N) is 1. The molecule has 3 fully saturated rings. The Bertz CT molecular complexity index is 421. The standard InChI is InChI=1S/C14H20GeNO4/c1-12-4-2-3-5-14(12)17-11-13-10-16-6-8-18-15(20-13)19-9-7-16/h2-5,13H,6-11H2,1H3. The van der Waals surface area contributed by atoms with E-state index in [1.54, 1.807) is 0 Å². The quantitative estimate of drug-likeness (QED) is 0.772. The second-order valence-corrected chi connectivity index (χ2v) is 7.82. The van der Waals surface area contributed by atoms with E-state index >= 15 is 0 Å². The summed E-state index contributed by atoms with van der Waals surface area (Å²) in [4.78, 5) is 2.32. The molecule has 20 heavy (non-hydrogen) atoms. The molecule has 2 bridgehead atoms. The first-order chi connectivity index (χ1) is 9.81. The van der Waals surface area contributed by atoms with Crippen LogP contribution in [0.1, 0.15) is 5.56 Å². The number of hydrogen-bond donors (Lipinski definition) is 0. The molecule has 3 heterocycles. The zero-order chi connectivity index (χ0) is 13.8. The Kier molecular flexibility index (Phi) is 4.96. The first-order valence-electron chi connectivity index (χ1n) is 7.01. The van der Waals surface area contributed by atoms with Crippen molar-refractivity contribution in [2.24, 2.45) is 0 Å². The van der Waals surface area contributed by atoms with E-state index in [9.17, 15) is 0 Å². The third-order valence-electron chi connectivity index (χ3n) is 3.50. The summed E-state index contributed by atoms with van der Waals surface area (Å²) in [5.41, 5.74) is 1.14. The van der Waals surface area contributed by atoms with Crippen LogP contribution in [0.25, 0.3) is 0 Å². The van der Waals surface area contributed by atoms with E-state index < -0.39 is 15.4 Å². The van der Waals surface area contributed by atoms with Gasteiger partial charge in [-0.3, -0.25) is 0 Å². The topological polar surface area (TPSA) is 40.2 Å². The molecule has 4 rings (SSSR count). The fourth-order valence-electron chi connectivity index (χ4n) is 2.37. The average Bonchev–Trinajstić information content (AvgIpc) is 2.37. The first-order valence-corrected chi connectivity index (χ1v) is 9.58. The molecule has 0 spiro atoms. The van der Waals surface area contributed by atoms with E-state index in [1.165, 1.54) is 0 Å². The van der Waals surface area contributed by atoms with Crippen LogP contribution in [0.15, 0.2) is 24.3 Å². The molecule has 0 N–H and O–H groups in total. The summed E-state index contributed by atoms with van der Waals surface area (Å²) in [6, 6.07) is 8.05. The van der Waals surface area contributed by atoms with Crippen molar-refractivity contribution < 1.29 is 16.0 Å². The van der Waals surface area contributed by atoms with Crippen LogP contribution in [0.3, 0.4) is 0 Å². The number of fused-ring (bicyclic) bond motifs is 6. The van der Waals surface area contributed by atoms with Crippen LogP contribution in [0, 0.1) is 6.92 Å². The molecule has 6 heteroatoms. The number of hydrogen-bond acceptors (Lipinski definition) is 5. The third-order valence-corrected chi connectivity index (χ3v) is 6.45. The molecule has 0 aliphatic carbocycles. The van der Waals surface area contributed by atoms with E-state index in [2.05, 4.69) is 17.9 Å². The summed E-state index contributed by atoms with van der Waals surface area (Å²) >= 11 is -2.25. The monoisotopic (exact) mass is 340 g/mol. The Labute approximate surface area is 124 Å². The predicted octanol–water partition coefficient (Wildman–Crippen LogP) is 1.11. The van der Waals surface area contributed by atoms with Gasteiger partial charge in [-0.05, 0) is 0 Å². The SMILES string of the molecule is Cc1ccccc1OCC1CN2CC[O][Ge]([O]CC2)[O]1. The number of ether oxygens (including phenoxy) is 1. The minimum absolute atomic E-state index is 0.0326. The molecule has 1 unspecified atom stereocenters. The Morgan fingerprint density at radius 3 is 2.75 bits per heavy atom. The van der Waals surface area contributed by atoms with Gasteiger partial charge in [-0.1, -0.05) is 0 Å². The molecule has 1 aromatic rings. The van der Waals surface area contributed by atoms with Gasteiger partial charge in [-0.15, -0.1) is 0 Å². The van der Waals surface area contributed by atoms with Gasteiger partial charge in [0.1, 0.15) is 0 Å². The van der Waals surface area contributed by atoms with Gasteiger partial charge in [-0.25, -0.2) is 0 Å². The van der Waals surface area contributed by atoms with E-state index in [-0.39, 0.29) is 6.10 Å². The normalized spacial score (nSPS) is 27.6. The van der Waals surface area contributed by atoms with Gasteiger partial charge < -0.3 is 0 Å². The number of rotatable bonds is 3. The van der Waals surface area contributed by atoms with Crippen molar-refractivity contribution >= 4 is 15.4 Å². The summed E-state index contributed by atoms with van der Waals surface area (Å²) in [6.45, 7) is 6.87. The molecule has 109 valence electrons. The van der Waals surface area contributed by atoms with Crippen molar-refractivity contribution in [1.82, 2.24) is 4.90 Å². The fraction of sp³-hybridized carbons (Fsp3) is 0.571. The van der Waals surface area contributed by atoms with Crippen LogP contribution in [0.2, 0.25) is 0 Å². The molecule has 3 saturated heterocycles. The second kappa shape index (κ2) is 6.91. The molecule has 0 amide bonds. The van der Waals surface area contributed by atoms with Crippen molar-refractivity contribution in [1.29, 1.82) is 0 Å². The Morgan fingerprint density at radius 2 is 2.00 bits per heavy atom. The Hall–Kier alpha value is -0.597. The summed E-state index contributed by atoms with van der Waals surface area (Å²) in [5.74, 6) is 0.921. The second-order valence-electron chi connectivity index (χ2n) is 5.06. The molecule has 5 nitrogen and oxygen atoms in total. The third kappa shape index (κ3) is 3.74. The van der Waals surface area contributed by atoms with E-state index in [0.717, 1.165) is 44.2 Å². The van der Waals surface area contributed by atoms with Crippen molar-refractivity contribution in [3.05, 3.63) is 29.8 Å². The Balaban J connectivity index is 1.60. The summed E-state index contributed by atoms with van der Waals surface area (Å²) in [7, 11) is 0. The fourth-order valence-corrected chi connectivity index (χ4v) is 4.78. The number of benzene rings is 1. The Morgan fingerprint density at radius 1 is 1.25 bits per heavy atom. The number of aryl methyl sites for hydroxylation is 1. The molecule has 0 saturated carbocycles. The van der Waals surface area contributed by atoms with Crippen LogP contribution in [-0.2, 0) is 11.3 Å². The first kappa shape index (κ1) is 14.3. The van der Waals surface area contributed by atoms with Crippen molar-refractivity contribution in [2.75, 3.05) is 39.5 Å². The molecule has 0 aromatic heterocycles. The van der Waals surface area contributed by atoms with Gasteiger partial charge in [0.15, 0.2) is 0 Å². The summed E-state index contributed by atoms with van der Waals surface area (Å²) in [6.07, 6.45) is 0.0326. The van der Waals surface area contributed by atoms with Crippen LogP contribution >= 0.6 is 0 Å². The molecule has 1 radical (unpaired) electrons. The molecule has 3 aliphatic rings. The van der Waals surface area contributed by atoms with Crippen LogP contribution in [0.4, 0.5) is 0 Å². The van der Waals surface area contributed by atoms with Crippen molar-refractivity contribution in [3.63, 3.8) is 0 Å². The van der Waals surface area contributed by atoms with Gasteiger partial charge in [0.2, 0.25) is 0 Å². The zero-order valence-corrected chi connectivity index (χ0v) is 13.8. The van der Waals surface area contributed by atoms with Gasteiger partial charge in [0.05, 0.1) is 0 Å². The molecule has 3 aliphatic heterocycles. The van der Waals surface area contributed by atoms with E-state index in [1.807, 2.05) is 18.2 Å². The minimum atomic E-state index is -2.25. The molecule has 1 atom stereocenters. The van der Waals surface area contributed by atoms with Gasteiger partial charge in [0.25, 0.3) is 0 Å². The van der Waals surface area contributed by atoms with Crippen LogP contribution < -0.4 is 4.74 Å². The average molecular weight is 339 g/mol. The van der Waals surface area contributed by atoms with Gasteiger partial charge >= 0.3 is 124 Å². The van der Waals surface area contributed by atoms with Crippen LogP contribution in [0.5, 0.6) is 5.75 Å². The van der Waals surface area contributed by atoms with Crippen molar-refractivity contribution in [2.45, 2.75) is 13.0 Å². The van der Waals surface area contributed by atoms with E-state index in [4.69, 9.17) is 16.0 Å². The zero-order valence-electron chi connectivity index (χ0n) is 11.7. The predicted molar refractivity (Wildman–Crippen MR) is 75.6 cm³/mol. The molecular weight excluding hydrogens is 319 g/mol. The van der Waals surface area contributed by atoms with Crippen LogP contribution in [-0.4, -0.2) is 65.8 Å². The van der Waals surface area contributed by atoms with E-state index in [0.29, 0.717) is 6.61 Å². The summed E-state index contributed by atoms with van der Waals surface area (Å²) in [5, 5.41) is 0.